The molecule has 10 heteroatoms. The summed E-state index contributed by atoms with van der Waals surface area (Å²) in [5, 5.41) is 18.1. The first-order valence-electron chi connectivity index (χ1n) is 9.06. The van der Waals surface area contributed by atoms with Gasteiger partial charge < -0.3 is 15.3 Å². The number of carbonyl (C=O) groups is 4. The molecule has 0 aromatic carbocycles. The number of aliphatic carboxylic acids is 1. The highest BCUT2D eigenvalue weighted by Gasteiger charge is 2.57. The molecule has 1 aromatic heterocycles. The Bertz CT molecular complexity index is 826. The number of rotatable bonds is 4. The van der Waals surface area contributed by atoms with Crippen LogP contribution in [-0.4, -0.2) is 55.7 Å². The summed E-state index contributed by atoms with van der Waals surface area (Å²) in [7, 11) is 0. The van der Waals surface area contributed by atoms with Gasteiger partial charge in [-0.2, -0.15) is 5.10 Å². The van der Waals surface area contributed by atoms with Gasteiger partial charge in [0.2, 0.25) is 5.91 Å². The van der Waals surface area contributed by atoms with Gasteiger partial charge in [0, 0.05) is 25.4 Å². The number of hydrogen-bond acceptors (Lipinski definition) is 5. The lowest BCUT2D eigenvalue weighted by Crippen LogP contribution is -2.60. The molecule has 0 radical (unpaired) electrons. The summed E-state index contributed by atoms with van der Waals surface area (Å²) in [5.74, 6) is -1.52. The molecule has 0 atom stereocenters. The molecule has 3 N–H and O–H groups in total. The lowest BCUT2D eigenvalue weighted by atomic mass is 9.67. The van der Waals surface area contributed by atoms with Crippen molar-refractivity contribution in [1.29, 1.82) is 0 Å². The number of nitrogens with one attached hydrogen (secondary N) is 2. The van der Waals surface area contributed by atoms with Crippen LogP contribution in [-0.2, 0) is 33.9 Å². The number of aryl methyl sites for hydroxylation is 2. The largest absolute Gasteiger partial charge is 0.481 e. The third-order valence-electron chi connectivity index (χ3n) is 5.52. The maximum atomic E-state index is 12.9. The maximum absolute atomic E-state index is 12.9. The van der Waals surface area contributed by atoms with Gasteiger partial charge in [0.15, 0.2) is 0 Å². The third-order valence-corrected chi connectivity index (χ3v) is 5.52. The normalized spacial score (nSPS) is 26.8. The van der Waals surface area contributed by atoms with Crippen molar-refractivity contribution in [3.63, 3.8) is 0 Å². The van der Waals surface area contributed by atoms with Gasteiger partial charge >= 0.3 is 12.0 Å². The maximum Gasteiger partial charge on any atom is 0.322 e. The molecule has 10 nitrogen and oxygen atoms in total. The summed E-state index contributed by atoms with van der Waals surface area (Å²) in [6, 6.07) is 1.36. The lowest BCUT2D eigenvalue weighted by Gasteiger charge is -2.43. The van der Waals surface area contributed by atoms with Crippen LogP contribution in [0, 0.1) is 5.92 Å². The minimum atomic E-state index is -0.922. The number of aromatic nitrogens is 2. The molecule has 2 aliphatic heterocycles. The van der Waals surface area contributed by atoms with Crippen molar-refractivity contribution in [1.82, 2.24) is 25.3 Å². The van der Waals surface area contributed by atoms with Gasteiger partial charge in [-0.05, 0) is 25.3 Å². The Morgan fingerprint density at radius 2 is 2.07 bits per heavy atom. The molecule has 1 aliphatic carbocycles. The minimum Gasteiger partial charge on any atom is -0.481 e. The number of carbonyl (C=O) groups excluding carboxylic acids is 3. The number of fused-ring (bicyclic) bond motifs is 1. The molecule has 144 valence electrons. The molecule has 4 amide bonds. The number of amides is 4. The van der Waals surface area contributed by atoms with Crippen LogP contribution in [0.1, 0.15) is 37.1 Å². The molecule has 0 bridgehead atoms. The molecule has 3 aliphatic rings. The molecule has 1 saturated heterocycles. The van der Waals surface area contributed by atoms with Crippen molar-refractivity contribution in [2.24, 2.45) is 5.92 Å². The molecule has 0 unspecified atom stereocenters. The molecule has 2 fully saturated rings. The second kappa shape index (κ2) is 6.36. The highest BCUT2D eigenvalue weighted by Crippen LogP contribution is 2.41. The van der Waals surface area contributed by atoms with Crippen LogP contribution < -0.4 is 10.6 Å². The van der Waals surface area contributed by atoms with Crippen LogP contribution >= 0.6 is 0 Å². The van der Waals surface area contributed by atoms with Gasteiger partial charge in [-0.25, -0.2) is 4.79 Å². The van der Waals surface area contributed by atoms with E-state index in [0.29, 0.717) is 38.9 Å². The Balaban J connectivity index is 1.40. The zero-order valence-electron chi connectivity index (χ0n) is 14.7. The van der Waals surface area contributed by atoms with Gasteiger partial charge in [0.05, 0.1) is 24.4 Å². The van der Waals surface area contributed by atoms with E-state index in [1.165, 1.54) is 0 Å². The summed E-state index contributed by atoms with van der Waals surface area (Å²) in [5.41, 5.74) is 0.687. The molecular formula is C17H21N5O5. The van der Waals surface area contributed by atoms with E-state index in [9.17, 15) is 19.2 Å². The van der Waals surface area contributed by atoms with Gasteiger partial charge in [0.25, 0.3) is 5.91 Å². The standard InChI is InChI=1S/C17H21N5O5/c23-13(24)3-2-11-6-12-9-21(4-1-5-22(12)20-11)14(25)10-7-17(8-10)15(26)18-16(27)19-17/h6,10H,1-5,7-9H2,(H,23,24)(H2,18,19,26,27). The van der Waals surface area contributed by atoms with E-state index in [1.807, 2.05) is 10.7 Å². The topological polar surface area (TPSA) is 134 Å². The Hall–Kier alpha value is -2.91. The van der Waals surface area contributed by atoms with Crippen LogP contribution in [0.15, 0.2) is 6.07 Å². The first-order valence-corrected chi connectivity index (χ1v) is 9.06. The van der Waals surface area contributed by atoms with Crippen molar-refractivity contribution in [2.75, 3.05) is 6.54 Å². The molecule has 1 saturated carbocycles. The Labute approximate surface area is 154 Å². The van der Waals surface area contributed by atoms with E-state index in [1.54, 1.807) is 4.90 Å². The summed E-state index contributed by atoms with van der Waals surface area (Å²) in [6.45, 7) is 1.70. The van der Waals surface area contributed by atoms with Crippen molar-refractivity contribution in [3.8, 4) is 0 Å². The molecule has 1 spiro atoms. The molecular weight excluding hydrogens is 354 g/mol. The van der Waals surface area contributed by atoms with Gasteiger partial charge in [0.1, 0.15) is 5.54 Å². The number of carboxylic acid groups (broad SMARTS) is 1. The second-order valence-electron chi connectivity index (χ2n) is 7.45. The van der Waals surface area contributed by atoms with E-state index < -0.39 is 17.5 Å². The zero-order valence-corrected chi connectivity index (χ0v) is 14.7. The number of urea groups is 1. The van der Waals surface area contributed by atoms with E-state index in [2.05, 4.69) is 15.7 Å². The zero-order chi connectivity index (χ0) is 19.2. The van der Waals surface area contributed by atoms with E-state index in [4.69, 9.17) is 5.11 Å². The monoisotopic (exact) mass is 375 g/mol. The average molecular weight is 375 g/mol. The lowest BCUT2D eigenvalue weighted by molar-refractivity contribution is -0.144. The van der Waals surface area contributed by atoms with Crippen molar-refractivity contribution in [3.05, 3.63) is 17.5 Å². The van der Waals surface area contributed by atoms with Crippen molar-refractivity contribution in [2.45, 2.75) is 50.7 Å². The molecule has 4 rings (SSSR count). The van der Waals surface area contributed by atoms with Crippen LogP contribution in [0.3, 0.4) is 0 Å². The predicted octanol–water partition coefficient (Wildman–Crippen LogP) is -0.379. The number of imide groups is 1. The SMILES string of the molecule is O=C(O)CCc1cc2n(n1)CCCN(C(=O)C1CC3(C1)NC(=O)NC3=O)C2. The van der Waals surface area contributed by atoms with Gasteiger partial charge in [-0.15, -0.1) is 0 Å². The summed E-state index contributed by atoms with van der Waals surface area (Å²) in [4.78, 5) is 48.6. The second-order valence-corrected chi connectivity index (χ2v) is 7.45. The highest BCUT2D eigenvalue weighted by atomic mass is 16.4. The number of carboxylic acids is 1. The number of hydrogen-bond donors (Lipinski definition) is 3. The van der Waals surface area contributed by atoms with Crippen LogP contribution in [0.5, 0.6) is 0 Å². The minimum absolute atomic E-state index is 0.0173. The van der Waals surface area contributed by atoms with Crippen LogP contribution in [0.4, 0.5) is 4.79 Å². The Morgan fingerprint density at radius 1 is 1.30 bits per heavy atom. The average Bonchev–Trinajstić information content (AvgIpc) is 3.03. The van der Waals surface area contributed by atoms with Crippen LogP contribution in [0.25, 0.3) is 0 Å². The number of nitrogens with zero attached hydrogens (tertiary/aromatic N) is 3. The van der Waals surface area contributed by atoms with E-state index >= 15 is 0 Å². The first kappa shape index (κ1) is 17.5. The van der Waals surface area contributed by atoms with Crippen molar-refractivity contribution < 1.29 is 24.3 Å². The molecule has 3 heterocycles. The highest BCUT2D eigenvalue weighted by molar-refractivity contribution is 6.08. The summed E-state index contributed by atoms with van der Waals surface area (Å²) < 4.78 is 1.84. The first-order chi connectivity index (χ1) is 12.9. The van der Waals surface area contributed by atoms with Crippen LogP contribution in [0.2, 0.25) is 0 Å². The summed E-state index contributed by atoms with van der Waals surface area (Å²) >= 11 is 0. The quantitative estimate of drug-likeness (QED) is 0.614. The smallest absolute Gasteiger partial charge is 0.322 e. The van der Waals surface area contributed by atoms with Gasteiger partial charge in [-0.1, -0.05) is 0 Å². The summed E-state index contributed by atoms with van der Waals surface area (Å²) in [6.07, 6.45) is 1.79. The van der Waals surface area contributed by atoms with E-state index in [-0.39, 0.29) is 24.2 Å². The van der Waals surface area contributed by atoms with E-state index in [0.717, 1.165) is 17.8 Å². The molecule has 1 aromatic rings. The van der Waals surface area contributed by atoms with Crippen molar-refractivity contribution >= 4 is 23.8 Å². The Kier molecular flexibility index (Phi) is 4.12. The fourth-order valence-electron chi connectivity index (χ4n) is 4.10. The third kappa shape index (κ3) is 3.15. The fraction of sp³-hybridized carbons (Fsp3) is 0.588. The predicted molar refractivity (Wildman–Crippen MR) is 90.3 cm³/mol. The fourth-order valence-corrected chi connectivity index (χ4v) is 4.10. The Morgan fingerprint density at radius 3 is 2.74 bits per heavy atom. The molecule has 27 heavy (non-hydrogen) atoms. The van der Waals surface area contributed by atoms with Gasteiger partial charge in [-0.3, -0.25) is 24.4 Å².